The van der Waals surface area contributed by atoms with Gasteiger partial charge in [0.2, 0.25) is 0 Å². The number of benzene rings is 2. The number of nitrogens with zero attached hydrogens (tertiary/aromatic N) is 4. The average molecular weight is 490 g/mol. The number of alkyl halides is 1. The summed E-state index contributed by atoms with van der Waals surface area (Å²) in [5.41, 5.74) is 5.91. The Labute approximate surface area is 206 Å². The molecule has 1 amide bonds. The topological polar surface area (TPSA) is 64.3 Å². The summed E-state index contributed by atoms with van der Waals surface area (Å²) in [7, 11) is 1.48. The van der Waals surface area contributed by atoms with Crippen molar-refractivity contribution in [1.82, 2.24) is 19.4 Å². The van der Waals surface area contributed by atoms with Crippen LogP contribution in [0.3, 0.4) is 0 Å². The third-order valence-electron chi connectivity index (χ3n) is 6.97. The Kier molecular flexibility index (Phi) is 5.47. The third kappa shape index (κ3) is 3.90. The first-order valence-corrected chi connectivity index (χ1v) is 11.9. The summed E-state index contributed by atoms with van der Waals surface area (Å²) < 4.78 is 37.5. The molecule has 0 unspecified atom stereocenters. The maximum Gasteiger partial charge on any atom is 0.406 e. The van der Waals surface area contributed by atoms with Crippen LogP contribution < -0.4 is 10.2 Å². The molecule has 1 fully saturated rings. The first-order chi connectivity index (χ1) is 17.5. The van der Waals surface area contributed by atoms with Crippen LogP contribution in [-0.2, 0) is 11.3 Å². The van der Waals surface area contributed by atoms with Crippen molar-refractivity contribution >= 4 is 11.8 Å². The zero-order chi connectivity index (χ0) is 24.8. The SMILES string of the molecule is CNC(=O)OC[C@@H]1CN(c2ccc3c(c2)Cn2cc(-c4ccc(F)cc4)cc2-c2nccn2-3)C[C@@H]1F. The van der Waals surface area contributed by atoms with E-state index in [1.54, 1.807) is 18.3 Å². The van der Waals surface area contributed by atoms with Crippen molar-refractivity contribution in [3.05, 3.63) is 78.5 Å². The van der Waals surface area contributed by atoms with Crippen LogP contribution in [0.5, 0.6) is 0 Å². The minimum atomic E-state index is -1.08. The molecule has 6 rings (SSSR count). The van der Waals surface area contributed by atoms with Crippen molar-refractivity contribution in [3.8, 4) is 28.3 Å². The Hall–Kier alpha value is -4.14. The van der Waals surface area contributed by atoms with Crippen LogP contribution in [0.4, 0.5) is 19.3 Å². The molecule has 1 saturated heterocycles. The van der Waals surface area contributed by atoms with Gasteiger partial charge < -0.3 is 19.5 Å². The fraction of sp³-hybridized carbons (Fsp3) is 0.259. The number of carbonyl (C=O) groups excluding carboxylic acids is 1. The lowest BCUT2D eigenvalue weighted by atomic mass is 10.1. The molecule has 0 aliphatic carbocycles. The zero-order valence-corrected chi connectivity index (χ0v) is 19.7. The number of ether oxygens (including phenoxy) is 1. The van der Waals surface area contributed by atoms with Gasteiger partial charge in [0.1, 0.15) is 18.6 Å². The minimum absolute atomic E-state index is 0.0412. The number of aromatic nitrogens is 3. The smallest absolute Gasteiger partial charge is 0.406 e. The van der Waals surface area contributed by atoms with Crippen LogP contribution in [0.1, 0.15) is 5.56 Å². The van der Waals surface area contributed by atoms with Gasteiger partial charge in [-0.2, -0.15) is 0 Å². The van der Waals surface area contributed by atoms with Crippen LogP contribution in [-0.4, -0.2) is 53.1 Å². The van der Waals surface area contributed by atoms with Crippen LogP contribution in [0, 0.1) is 11.7 Å². The Morgan fingerprint density at radius 2 is 1.97 bits per heavy atom. The van der Waals surface area contributed by atoms with E-state index in [0.29, 0.717) is 13.1 Å². The molecule has 4 heterocycles. The third-order valence-corrected chi connectivity index (χ3v) is 6.97. The Bertz CT molecular complexity index is 1430. The maximum absolute atomic E-state index is 14.7. The van der Waals surface area contributed by atoms with Crippen LogP contribution in [0.25, 0.3) is 28.3 Å². The van der Waals surface area contributed by atoms with Gasteiger partial charge in [0, 0.05) is 62.4 Å². The molecule has 2 aromatic carbocycles. The van der Waals surface area contributed by atoms with Crippen molar-refractivity contribution in [2.75, 3.05) is 31.6 Å². The number of imidazole rings is 1. The van der Waals surface area contributed by atoms with Crippen molar-refractivity contribution in [3.63, 3.8) is 0 Å². The standard InChI is InChI=1S/C27H25F2N5O2/c1-30-27(35)36-16-20-14-32(15-23(20)29)22-6-7-24-19(10-22)13-33-12-18(17-2-4-21(28)5-3-17)11-25(33)26-31-8-9-34(24)26/h2-12,20,23H,13-16H2,1H3,(H,30,35)/t20-,23-/m0/s1. The largest absolute Gasteiger partial charge is 0.449 e. The molecule has 2 aliphatic rings. The van der Waals surface area contributed by atoms with E-state index in [2.05, 4.69) is 37.8 Å². The molecule has 0 saturated carbocycles. The normalized spacial score (nSPS) is 18.2. The van der Waals surface area contributed by atoms with Gasteiger partial charge in [-0.25, -0.2) is 18.6 Å². The van der Waals surface area contributed by atoms with E-state index in [1.807, 2.05) is 23.2 Å². The van der Waals surface area contributed by atoms with E-state index in [9.17, 15) is 13.6 Å². The van der Waals surface area contributed by atoms with Crippen LogP contribution in [0.15, 0.2) is 67.1 Å². The molecule has 4 aromatic rings. The summed E-state index contributed by atoms with van der Waals surface area (Å²) in [5, 5.41) is 2.39. The van der Waals surface area contributed by atoms with Crippen LogP contribution in [0.2, 0.25) is 0 Å². The number of nitrogens with one attached hydrogen (secondary N) is 1. The molecule has 36 heavy (non-hydrogen) atoms. The molecule has 2 atom stereocenters. The Morgan fingerprint density at radius 1 is 1.14 bits per heavy atom. The van der Waals surface area contributed by atoms with E-state index in [1.165, 1.54) is 19.2 Å². The van der Waals surface area contributed by atoms with Gasteiger partial charge in [-0.15, -0.1) is 0 Å². The molecule has 7 nitrogen and oxygen atoms in total. The molecule has 2 aromatic heterocycles. The number of halogens is 2. The molecule has 0 spiro atoms. The van der Waals surface area contributed by atoms with E-state index < -0.39 is 12.3 Å². The molecule has 9 heteroatoms. The number of alkyl carbamates (subject to hydrolysis) is 1. The first kappa shape index (κ1) is 22.3. The summed E-state index contributed by atoms with van der Waals surface area (Å²) in [5.74, 6) is 0.179. The van der Waals surface area contributed by atoms with Gasteiger partial charge in [-0.1, -0.05) is 12.1 Å². The van der Waals surface area contributed by atoms with Crippen LogP contribution >= 0.6 is 0 Å². The highest BCUT2D eigenvalue weighted by Crippen LogP contribution is 2.36. The number of anilines is 1. The second-order valence-electron chi connectivity index (χ2n) is 9.21. The molecule has 0 radical (unpaired) electrons. The molecule has 2 aliphatic heterocycles. The van der Waals surface area contributed by atoms with E-state index >= 15 is 0 Å². The van der Waals surface area contributed by atoms with Crippen molar-refractivity contribution in [1.29, 1.82) is 0 Å². The molecule has 184 valence electrons. The fourth-order valence-electron chi connectivity index (χ4n) is 5.08. The van der Waals surface area contributed by atoms with Gasteiger partial charge in [-0.05, 0) is 47.5 Å². The highest BCUT2D eigenvalue weighted by molar-refractivity contribution is 5.72. The summed E-state index contributed by atoms with van der Waals surface area (Å²) in [4.78, 5) is 18.0. The summed E-state index contributed by atoms with van der Waals surface area (Å²) >= 11 is 0. The second kappa shape index (κ2) is 8.82. The van der Waals surface area contributed by atoms with Gasteiger partial charge in [-0.3, -0.25) is 4.57 Å². The number of hydrogen-bond donors (Lipinski definition) is 1. The van der Waals surface area contributed by atoms with Gasteiger partial charge in [0.25, 0.3) is 0 Å². The fourth-order valence-corrected chi connectivity index (χ4v) is 5.08. The highest BCUT2D eigenvalue weighted by atomic mass is 19.1. The lowest BCUT2D eigenvalue weighted by Crippen LogP contribution is -2.26. The zero-order valence-electron chi connectivity index (χ0n) is 19.7. The van der Waals surface area contributed by atoms with Crippen molar-refractivity contribution in [2.24, 2.45) is 5.92 Å². The number of hydrogen-bond acceptors (Lipinski definition) is 4. The Balaban J connectivity index is 1.31. The molecule has 1 N–H and O–H groups in total. The highest BCUT2D eigenvalue weighted by Gasteiger charge is 2.34. The van der Waals surface area contributed by atoms with Gasteiger partial charge in [0.05, 0.1) is 11.4 Å². The van der Waals surface area contributed by atoms with E-state index in [4.69, 9.17) is 4.74 Å². The van der Waals surface area contributed by atoms with Crippen molar-refractivity contribution < 1.29 is 18.3 Å². The predicted octanol–water partition coefficient (Wildman–Crippen LogP) is 4.64. The Morgan fingerprint density at radius 3 is 2.78 bits per heavy atom. The molecular weight excluding hydrogens is 464 g/mol. The first-order valence-electron chi connectivity index (χ1n) is 11.9. The monoisotopic (exact) mass is 489 g/mol. The quantitative estimate of drug-likeness (QED) is 0.400. The summed E-state index contributed by atoms with van der Waals surface area (Å²) in [6, 6.07) is 14.7. The van der Waals surface area contributed by atoms with Gasteiger partial charge >= 0.3 is 6.09 Å². The lowest BCUT2D eigenvalue weighted by Gasteiger charge is -2.20. The number of carbonyl (C=O) groups is 1. The summed E-state index contributed by atoms with van der Waals surface area (Å²) in [6.45, 7) is 1.37. The van der Waals surface area contributed by atoms with E-state index in [-0.39, 0.29) is 24.9 Å². The summed E-state index contributed by atoms with van der Waals surface area (Å²) in [6.07, 6.45) is 4.14. The van der Waals surface area contributed by atoms with Crippen molar-refractivity contribution in [2.45, 2.75) is 12.7 Å². The predicted molar refractivity (Wildman–Crippen MR) is 132 cm³/mol. The second-order valence-corrected chi connectivity index (χ2v) is 9.21. The lowest BCUT2D eigenvalue weighted by molar-refractivity contribution is 0.114. The minimum Gasteiger partial charge on any atom is -0.449 e. The molecular formula is C27H25F2N5O2. The maximum atomic E-state index is 14.7. The number of amides is 1. The average Bonchev–Trinajstić information content (AvgIpc) is 3.60. The van der Waals surface area contributed by atoms with Gasteiger partial charge in [0.15, 0.2) is 5.82 Å². The van der Waals surface area contributed by atoms with E-state index in [0.717, 1.165) is 39.6 Å². The number of fused-ring (bicyclic) bond motifs is 5. The number of rotatable bonds is 4. The molecule has 0 bridgehead atoms.